The van der Waals surface area contributed by atoms with E-state index in [9.17, 15) is 13.2 Å². The highest BCUT2D eigenvalue weighted by molar-refractivity contribution is 7.89. The summed E-state index contributed by atoms with van der Waals surface area (Å²) >= 11 is 0. The Hall–Kier alpha value is -2.45. The Bertz CT molecular complexity index is 1050. The minimum absolute atomic E-state index is 0.144. The van der Waals surface area contributed by atoms with E-state index in [-0.39, 0.29) is 22.8 Å². The van der Waals surface area contributed by atoms with Crippen molar-refractivity contribution in [3.05, 3.63) is 48.3 Å². The van der Waals surface area contributed by atoms with E-state index in [0.717, 1.165) is 37.7 Å². The lowest BCUT2D eigenvalue weighted by molar-refractivity contribution is -0.123. The molecule has 8 heteroatoms. The van der Waals surface area contributed by atoms with Gasteiger partial charge >= 0.3 is 0 Å². The molecular formula is C23H29N3O4S. The van der Waals surface area contributed by atoms with Crippen LogP contribution in [-0.2, 0) is 14.8 Å². The third-order valence-corrected chi connectivity index (χ3v) is 8.46. The van der Waals surface area contributed by atoms with Gasteiger partial charge in [-0.2, -0.15) is 4.31 Å². The SMILES string of the molecule is COc1ccc(C)cc1NC(=O)C1CN(S(=O)(=O)c2cccnc2)CC12CCCCC2. The van der Waals surface area contributed by atoms with Gasteiger partial charge in [-0.1, -0.05) is 25.3 Å². The average Bonchev–Trinajstić information content (AvgIpc) is 3.14. The van der Waals surface area contributed by atoms with Crippen molar-refractivity contribution in [3.8, 4) is 5.75 Å². The van der Waals surface area contributed by atoms with Crippen molar-refractivity contribution in [2.75, 3.05) is 25.5 Å². The number of carbonyl (C=O) groups is 1. The summed E-state index contributed by atoms with van der Waals surface area (Å²) in [7, 11) is -2.14. The zero-order valence-electron chi connectivity index (χ0n) is 18.0. The number of rotatable bonds is 5. The molecule has 4 rings (SSSR count). The number of amides is 1. The Morgan fingerprint density at radius 1 is 1.23 bits per heavy atom. The van der Waals surface area contributed by atoms with Gasteiger partial charge in [-0.25, -0.2) is 8.42 Å². The third kappa shape index (κ3) is 4.19. The molecule has 7 nitrogen and oxygen atoms in total. The molecule has 2 heterocycles. The summed E-state index contributed by atoms with van der Waals surface area (Å²) in [5.41, 5.74) is 1.29. The van der Waals surface area contributed by atoms with Gasteiger partial charge in [-0.05, 0) is 55.0 Å². The van der Waals surface area contributed by atoms with Crippen molar-refractivity contribution >= 4 is 21.6 Å². The second-order valence-electron chi connectivity index (χ2n) is 8.65. The van der Waals surface area contributed by atoms with Gasteiger partial charge in [-0.15, -0.1) is 0 Å². The molecule has 1 unspecified atom stereocenters. The van der Waals surface area contributed by atoms with Crippen molar-refractivity contribution in [1.82, 2.24) is 9.29 Å². The van der Waals surface area contributed by atoms with E-state index in [4.69, 9.17) is 4.74 Å². The summed E-state index contributed by atoms with van der Waals surface area (Å²) < 4.78 is 33.4. The number of anilines is 1. The second-order valence-corrected chi connectivity index (χ2v) is 10.6. The minimum Gasteiger partial charge on any atom is -0.495 e. The zero-order valence-corrected chi connectivity index (χ0v) is 18.8. The number of carbonyl (C=O) groups excluding carboxylic acids is 1. The molecule has 31 heavy (non-hydrogen) atoms. The topological polar surface area (TPSA) is 88.6 Å². The molecule has 1 spiro atoms. The maximum Gasteiger partial charge on any atom is 0.244 e. The van der Waals surface area contributed by atoms with Crippen LogP contribution in [0.15, 0.2) is 47.6 Å². The maximum absolute atomic E-state index is 13.5. The Balaban J connectivity index is 1.64. The van der Waals surface area contributed by atoms with Gasteiger partial charge in [0.2, 0.25) is 15.9 Å². The summed E-state index contributed by atoms with van der Waals surface area (Å²) in [6.07, 6.45) is 7.78. The van der Waals surface area contributed by atoms with E-state index >= 15 is 0 Å². The molecule has 0 bridgehead atoms. The first-order valence-corrected chi connectivity index (χ1v) is 12.2. The normalized spacial score (nSPS) is 21.2. The fourth-order valence-corrected chi connectivity index (χ4v) is 6.53. The number of ether oxygens (including phenoxy) is 1. The van der Waals surface area contributed by atoms with Crippen LogP contribution in [0.3, 0.4) is 0 Å². The molecular weight excluding hydrogens is 414 g/mol. The van der Waals surface area contributed by atoms with Gasteiger partial charge in [-0.3, -0.25) is 9.78 Å². The molecule has 1 N–H and O–H groups in total. The van der Waals surface area contributed by atoms with Gasteiger partial charge < -0.3 is 10.1 Å². The van der Waals surface area contributed by atoms with Gasteiger partial charge in [0, 0.05) is 25.5 Å². The van der Waals surface area contributed by atoms with Crippen LogP contribution in [0.25, 0.3) is 0 Å². The maximum atomic E-state index is 13.5. The van der Waals surface area contributed by atoms with Gasteiger partial charge in [0.15, 0.2) is 0 Å². The average molecular weight is 444 g/mol. The molecule has 166 valence electrons. The van der Waals surface area contributed by atoms with Gasteiger partial charge in [0.05, 0.1) is 18.7 Å². The smallest absolute Gasteiger partial charge is 0.244 e. The van der Waals surface area contributed by atoms with Crippen LogP contribution in [0.5, 0.6) is 5.75 Å². The van der Waals surface area contributed by atoms with Crippen LogP contribution in [0.2, 0.25) is 0 Å². The number of sulfonamides is 1. The third-order valence-electron chi connectivity index (χ3n) is 6.67. The summed E-state index contributed by atoms with van der Waals surface area (Å²) in [4.78, 5) is 17.6. The van der Waals surface area contributed by atoms with Crippen molar-refractivity contribution in [2.24, 2.45) is 11.3 Å². The molecule has 0 radical (unpaired) electrons. The first kappa shape index (κ1) is 21.8. The predicted molar refractivity (Wildman–Crippen MR) is 118 cm³/mol. The molecule has 2 aromatic rings. The number of hydrogen-bond donors (Lipinski definition) is 1. The van der Waals surface area contributed by atoms with Crippen molar-refractivity contribution in [3.63, 3.8) is 0 Å². The highest BCUT2D eigenvalue weighted by Crippen LogP contribution is 2.49. The number of aromatic nitrogens is 1. The Labute approximate surface area is 183 Å². The summed E-state index contributed by atoms with van der Waals surface area (Å²) in [6.45, 7) is 2.50. The van der Waals surface area contributed by atoms with E-state index in [1.165, 1.54) is 10.5 Å². The lowest BCUT2D eigenvalue weighted by Crippen LogP contribution is -2.39. The minimum atomic E-state index is -3.71. The Morgan fingerprint density at radius 2 is 2.00 bits per heavy atom. The molecule has 1 saturated carbocycles. The largest absolute Gasteiger partial charge is 0.495 e. The Kier molecular flexibility index (Phi) is 6.03. The van der Waals surface area contributed by atoms with E-state index in [1.54, 1.807) is 25.4 Å². The van der Waals surface area contributed by atoms with Crippen molar-refractivity contribution < 1.29 is 17.9 Å². The van der Waals surface area contributed by atoms with Crippen LogP contribution < -0.4 is 10.1 Å². The lowest BCUT2D eigenvalue weighted by atomic mass is 9.67. The number of pyridine rings is 1. The molecule has 1 atom stereocenters. The van der Waals surface area contributed by atoms with Crippen molar-refractivity contribution in [2.45, 2.75) is 43.9 Å². The fraction of sp³-hybridized carbons (Fsp3) is 0.478. The quantitative estimate of drug-likeness (QED) is 0.763. The Morgan fingerprint density at radius 3 is 2.68 bits per heavy atom. The number of nitrogens with zero attached hydrogens (tertiary/aromatic N) is 2. The first-order valence-electron chi connectivity index (χ1n) is 10.7. The first-order chi connectivity index (χ1) is 14.9. The number of benzene rings is 1. The zero-order chi connectivity index (χ0) is 22.1. The van der Waals surface area contributed by atoms with Gasteiger partial charge in [0.25, 0.3) is 0 Å². The lowest BCUT2D eigenvalue weighted by Gasteiger charge is -2.37. The van der Waals surface area contributed by atoms with E-state index < -0.39 is 15.9 Å². The molecule has 2 fully saturated rings. The summed E-state index contributed by atoms with van der Waals surface area (Å²) in [5, 5.41) is 3.03. The monoisotopic (exact) mass is 443 g/mol. The van der Waals surface area contributed by atoms with Crippen LogP contribution >= 0.6 is 0 Å². The highest BCUT2D eigenvalue weighted by atomic mass is 32.2. The highest BCUT2D eigenvalue weighted by Gasteiger charge is 2.53. The standard InChI is InChI=1S/C23H29N3O4S/c1-17-8-9-21(30-2)20(13-17)25-22(27)19-15-26(16-23(19)10-4-3-5-11-23)31(28,29)18-7-6-12-24-14-18/h6-9,12-14,19H,3-5,10-11,15-16H2,1-2H3,(H,25,27). The number of aryl methyl sites for hydroxylation is 1. The fourth-order valence-electron chi connectivity index (χ4n) is 5.02. The predicted octanol–water partition coefficient (Wildman–Crippen LogP) is 3.61. The van der Waals surface area contributed by atoms with E-state index in [2.05, 4.69) is 10.3 Å². The van der Waals surface area contributed by atoms with Crippen molar-refractivity contribution in [1.29, 1.82) is 0 Å². The molecule has 1 aromatic carbocycles. The summed E-state index contributed by atoms with van der Waals surface area (Å²) in [6, 6.07) is 8.81. The molecule has 1 aromatic heterocycles. The van der Waals surface area contributed by atoms with Gasteiger partial charge in [0.1, 0.15) is 10.6 Å². The number of hydrogen-bond acceptors (Lipinski definition) is 5. The summed E-state index contributed by atoms with van der Waals surface area (Å²) in [5.74, 6) is 0.0358. The second kappa shape index (κ2) is 8.59. The van der Waals surface area contributed by atoms with Crippen LogP contribution in [0.4, 0.5) is 5.69 Å². The molecule has 1 amide bonds. The number of methoxy groups -OCH3 is 1. The molecule has 1 aliphatic carbocycles. The molecule has 1 saturated heterocycles. The van der Waals surface area contributed by atoms with Crippen LogP contribution in [-0.4, -0.2) is 43.8 Å². The van der Waals surface area contributed by atoms with E-state index in [0.29, 0.717) is 18.0 Å². The van der Waals surface area contributed by atoms with Crippen LogP contribution in [0.1, 0.15) is 37.7 Å². The van der Waals surface area contributed by atoms with E-state index in [1.807, 2.05) is 25.1 Å². The molecule has 1 aliphatic heterocycles. The molecule has 2 aliphatic rings. The van der Waals surface area contributed by atoms with Crippen LogP contribution in [0, 0.1) is 18.3 Å². The number of nitrogens with one attached hydrogen (secondary N) is 1.